The van der Waals surface area contributed by atoms with E-state index >= 15 is 0 Å². The van der Waals surface area contributed by atoms with Gasteiger partial charge in [-0.3, -0.25) is 4.79 Å². The van der Waals surface area contributed by atoms with Crippen molar-refractivity contribution in [2.75, 3.05) is 0 Å². The first-order valence-corrected chi connectivity index (χ1v) is 8.06. The monoisotopic (exact) mass is 425 g/mol. The molecular formula is C17H16INO4. The average molecular weight is 425 g/mol. The number of carboxylic acid groups (broad SMARTS) is 1. The molecule has 0 aliphatic heterocycles. The number of aliphatic hydroxyl groups is 1. The number of rotatable bonds is 6. The van der Waals surface area contributed by atoms with Crippen LogP contribution in [0.1, 0.15) is 17.2 Å². The Morgan fingerprint density at radius 3 is 2.26 bits per heavy atom. The highest BCUT2D eigenvalue weighted by molar-refractivity contribution is 14.1. The summed E-state index contributed by atoms with van der Waals surface area (Å²) < 4.78 is 0.925. The van der Waals surface area contributed by atoms with E-state index in [-0.39, 0.29) is 6.42 Å². The summed E-state index contributed by atoms with van der Waals surface area (Å²) in [6.45, 7) is 0. The fraction of sp³-hybridized carbons (Fsp3) is 0.176. The Hall–Kier alpha value is -1.93. The highest BCUT2D eigenvalue weighted by Gasteiger charge is 2.25. The van der Waals surface area contributed by atoms with Gasteiger partial charge in [0.1, 0.15) is 6.04 Å². The molecule has 0 saturated carbocycles. The van der Waals surface area contributed by atoms with Crippen molar-refractivity contribution in [2.45, 2.75) is 18.6 Å². The number of hydrogen-bond donors (Lipinski definition) is 3. The van der Waals surface area contributed by atoms with Crippen LogP contribution in [0.4, 0.5) is 0 Å². The van der Waals surface area contributed by atoms with Crippen LogP contribution < -0.4 is 5.32 Å². The van der Waals surface area contributed by atoms with E-state index in [9.17, 15) is 19.8 Å². The van der Waals surface area contributed by atoms with Crippen molar-refractivity contribution in [3.05, 3.63) is 69.3 Å². The van der Waals surface area contributed by atoms with Crippen molar-refractivity contribution < 1.29 is 19.8 Å². The molecule has 120 valence electrons. The summed E-state index contributed by atoms with van der Waals surface area (Å²) in [5, 5.41) is 21.8. The first-order chi connectivity index (χ1) is 11.0. The zero-order chi connectivity index (χ0) is 16.8. The third-order valence-electron chi connectivity index (χ3n) is 3.36. The first-order valence-electron chi connectivity index (χ1n) is 6.98. The standard InChI is InChI=1S/C17H16INO4/c18-13-9-5-4-8-12(13)10-14(17(22)23)19-16(21)15(20)11-6-2-1-3-7-11/h1-9,14-15,20H,10H2,(H,19,21)(H,22,23)/t14-,15-/m0/s1. The Balaban J connectivity index is 2.09. The molecule has 23 heavy (non-hydrogen) atoms. The van der Waals surface area contributed by atoms with E-state index in [4.69, 9.17) is 0 Å². The summed E-state index contributed by atoms with van der Waals surface area (Å²) in [4.78, 5) is 23.5. The lowest BCUT2D eigenvalue weighted by atomic mass is 10.0. The average Bonchev–Trinajstić information content (AvgIpc) is 2.56. The molecule has 0 bridgehead atoms. The normalized spacial score (nSPS) is 13.1. The number of amides is 1. The molecule has 1 amide bonds. The van der Waals surface area contributed by atoms with E-state index < -0.39 is 24.0 Å². The Kier molecular flexibility index (Phi) is 6.12. The van der Waals surface area contributed by atoms with Crippen LogP contribution >= 0.6 is 22.6 Å². The van der Waals surface area contributed by atoms with Gasteiger partial charge in [-0.1, -0.05) is 48.5 Å². The third kappa shape index (κ3) is 4.77. The predicted molar refractivity (Wildman–Crippen MR) is 93.8 cm³/mol. The molecule has 2 atom stereocenters. The highest BCUT2D eigenvalue weighted by Crippen LogP contribution is 2.15. The van der Waals surface area contributed by atoms with Crippen LogP contribution in [0.5, 0.6) is 0 Å². The Labute approximate surface area is 147 Å². The number of carbonyl (C=O) groups is 2. The molecule has 0 aliphatic carbocycles. The van der Waals surface area contributed by atoms with Crippen LogP contribution in [-0.2, 0) is 16.0 Å². The predicted octanol–water partition coefficient (Wildman–Crippen LogP) is 2.14. The van der Waals surface area contributed by atoms with Crippen molar-refractivity contribution in [3.63, 3.8) is 0 Å². The summed E-state index contributed by atoms with van der Waals surface area (Å²) in [6, 6.07) is 14.7. The molecule has 2 aromatic carbocycles. The van der Waals surface area contributed by atoms with Crippen LogP contribution in [0.2, 0.25) is 0 Å². The van der Waals surface area contributed by atoms with Gasteiger partial charge in [0.2, 0.25) is 0 Å². The molecule has 0 aromatic heterocycles. The molecule has 2 rings (SSSR count). The lowest BCUT2D eigenvalue weighted by Crippen LogP contribution is -2.44. The van der Waals surface area contributed by atoms with Crippen LogP contribution in [0.25, 0.3) is 0 Å². The molecule has 0 fully saturated rings. The minimum atomic E-state index is -1.40. The van der Waals surface area contributed by atoms with Crippen LogP contribution in [0.15, 0.2) is 54.6 Å². The molecule has 5 nitrogen and oxygen atoms in total. The number of halogens is 1. The molecule has 0 heterocycles. The molecule has 6 heteroatoms. The van der Waals surface area contributed by atoms with Crippen molar-refractivity contribution in [1.82, 2.24) is 5.32 Å². The van der Waals surface area contributed by atoms with E-state index in [2.05, 4.69) is 27.9 Å². The van der Waals surface area contributed by atoms with Gasteiger partial charge in [0, 0.05) is 9.99 Å². The van der Waals surface area contributed by atoms with E-state index in [1.165, 1.54) is 0 Å². The number of hydrogen-bond acceptors (Lipinski definition) is 3. The van der Waals surface area contributed by atoms with Crippen LogP contribution in [-0.4, -0.2) is 28.1 Å². The van der Waals surface area contributed by atoms with Gasteiger partial charge in [-0.15, -0.1) is 0 Å². The second kappa shape index (κ2) is 8.07. The van der Waals surface area contributed by atoms with Gasteiger partial charge in [0.05, 0.1) is 0 Å². The number of aliphatic hydroxyl groups excluding tert-OH is 1. The summed E-state index contributed by atoms with van der Waals surface area (Å²) in [5.74, 6) is -1.87. The van der Waals surface area contributed by atoms with Crippen LogP contribution in [0, 0.1) is 3.57 Å². The van der Waals surface area contributed by atoms with Gasteiger partial charge in [-0.2, -0.15) is 0 Å². The molecule has 2 aromatic rings. The van der Waals surface area contributed by atoms with E-state index in [0.29, 0.717) is 5.56 Å². The maximum absolute atomic E-state index is 12.1. The summed E-state index contributed by atoms with van der Waals surface area (Å²) in [5.41, 5.74) is 1.25. The van der Waals surface area contributed by atoms with Gasteiger partial charge in [0.25, 0.3) is 5.91 Å². The molecule has 0 saturated heterocycles. The molecule has 0 spiro atoms. The van der Waals surface area contributed by atoms with Gasteiger partial charge in [0.15, 0.2) is 6.10 Å². The van der Waals surface area contributed by atoms with Crippen LogP contribution in [0.3, 0.4) is 0 Å². The lowest BCUT2D eigenvalue weighted by Gasteiger charge is -2.18. The lowest BCUT2D eigenvalue weighted by molar-refractivity contribution is -0.143. The van der Waals surface area contributed by atoms with E-state index in [1.807, 2.05) is 24.3 Å². The summed E-state index contributed by atoms with van der Waals surface area (Å²) >= 11 is 2.12. The van der Waals surface area contributed by atoms with Gasteiger partial charge < -0.3 is 15.5 Å². The van der Waals surface area contributed by atoms with Gasteiger partial charge >= 0.3 is 5.97 Å². The fourth-order valence-corrected chi connectivity index (χ4v) is 2.73. The maximum Gasteiger partial charge on any atom is 0.326 e. The highest BCUT2D eigenvalue weighted by atomic mass is 127. The van der Waals surface area contributed by atoms with Crippen molar-refractivity contribution in [2.24, 2.45) is 0 Å². The first kappa shape index (κ1) is 17.4. The number of aliphatic carboxylic acids is 1. The fourth-order valence-electron chi connectivity index (χ4n) is 2.12. The second-order valence-electron chi connectivity index (χ2n) is 5.01. The Bertz CT molecular complexity index is 690. The second-order valence-corrected chi connectivity index (χ2v) is 6.17. The SMILES string of the molecule is O=C(O)[C@H](Cc1ccccc1I)NC(=O)[C@@H](O)c1ccccc1. The summed E-state index contributed by atoms with van der Waals surface area (Å²) in [6.07, 6.45) is -1.24. The van der Waals surface area contributed by atoms with Gasteiger partial charge in [-0.05, 0) is 39.8 Å². The summed E-state index contributed by atoms with van der Waals surface area (Å²) in [7, 11) is 0. The van der Waals surface area contributed by atoms with Crippen molar-refractivity contribution >= 4 is 34.5 Å². The van der Waals surface area contributed by atoms with Crippen molar-refractivity contribution in [1.29, 1.82) is 0 Å². The topological polar surface area (TPSA) is 86.6 Å². The van der Waals surface area contributed by atoms with E-state index in [1.54, 1.807) is 30.3 Å². The Morgan fingerprint density at radius 2 is 1.65 bits per heavy atom. The number of nitrogens with one attached hydrogen (secondary N) is 1. The van der Waals surface area contributed by atoms with E-state index in [0.717, 1.165) is 9.13 Å². The number of benzene rings is 2. The minimum absolute atomic E-state index is 0.154. The third-order valence-corrected chi connectivity index (χ3v) is 4.41. The zero-order valence-corrected chi connectivity index (χ0v) is 14.3. The largest absolute Gasteiger partial charge is 0.480 e. The smallest absolute Gasteiger partial charge is 0.326 e. The molecular weight excluding hydrogens is 409 g/mol. The number of carbonyl (C=O) groups excluding carboxylic acids is 1. The number of carboxylic acids is 1. The molecule has 0 aliphatic rings. The van der Waals surface area contributed by atoms with Crippen molar-refractivity contribution in [3.8, 4) is 0 Å². The Morgan fingerprint density at radius 1 is 1.04 bits per heavy atom. The molecule has 0 radical (unpaired) electrons. The zero-order valence-electron chi connectivity index (χ0n) is 12.1. The molecule has 0 unspecified atom stereocenters. The van der Waals surface area contributed by atoms with Gasteiger partial charge in [-0.25, -0.2) is 4.79 Å². The minimum Gasteiger partial charge on any atom is -0.480 e. The maximum atomic E-state index is 12.1. The quantitative estimate of drug-likeness (QED) is 0.620. The molecule has 3 N–H and O–H groups in total.